The van der Waals surface area contributed by atoms with E-state index in [1.807, 2.05) is 12.1 Å². The molecule has 0 spiro atoms. The Morgan fingerprint density at radius 1 is 1.22 bits per heavy atom. The molecule has 100 valence electrons. The summed E-state index contributed by atoms with van der Waals surface area (Å²) in [5, 5.41) is 0. The lowest BCUT2D eigenvalue weighted by Gasteiger charge is -2.36. The minimum atomic E-state index is -0.115. The van der Waals surface area contributed by atoms with E-state index in [4.69, 9.17) is 0 Å². The molecule has 0 aliphatic carbocycles. The highest BCUT2D eigenvalue weighted by Gasteiger charge is 2.19. The van der Waals surface area contributed by atoms with Crippen LogP contribution in [-0.2, 0) is 6.54 Å². The second-order valence-electron chi connectivity index (χ2n) is 5.14. The summed E-state index contributed by atoms with van der Waals surface area (Å²) in [7, 11) is 0. The second-order valence-corrected chi connectivity index (χ2v) is 6.06. The van der Waals surface area contributed by atoms with E-state index < -0.39 is 0 Å². The van der Waals surface area contributed by atoms with Crippen molar-refractivity contribution in [2.24, 2.45) is 0 Å². The molecule has 1 aromatic rings. The molecule has 0 amide bonds. The largest absolute Gasteiger partial charge is 0.298 e. The van der Waals surface area contributed by atoms with Crippen molar-refractivity contribution >= 4 is 15.9 Å². The molecule has 4 heteroatoms. The van der Waals surface area contributed by atoms with Crippen molar-refractivity contribution in [1.29, 1.82) is 0 Å². The van der Waals surface area contributed by atoms with Gasteiger partial charge < -0.3 is 0 Å². The Labute approximate surface area is 117 Å². The minimum absolute atomic E-state index is 0.115. The smallest absolute Gasteiger partial charge is 0.128 e. The molecular formula is C14H20BrFN2. The molecule has 0 unspecified atom stereocenters. The van der Waals surface area contributed by atoms with Gasteiger partial charge in [0.2, 0.25) is 0 Å². The topological polar surface area (TPSA) is 6.48 Å². The van der Waals surface area contributed by atoms with Gasteiger partial charge in [-0.05, 0) is 26.0 Å². The lowest BCUT2D eigenvalue weighted by molar-refractivity contribution is 0.103. The lowest BCUT2D eigenvalue weighted by Crippen LogP contribution is -2.48. The van der Waals surface area contributed by atoms with E-state index in [0.29, 0.717) is 12.6 Å². The first-order valence-electron chi connectivity index (χ1n) is 6.46. The number of benzene rings is 1. The highest BCUT2D eigenvalue weighted by atomic mass is 79.9. The van der Waals surface area contributed by atoms with Crippen LogP contribution in [-0.4, -0.2) is 42.0 Å². The van der Waals surface area contributed by atoms with Crippen molar-refractivity contribution in [3.8, 4) is 0 Å². The molecule has 0 aromatic heterocycles. The predicted molar refractivity (Wildman–Crippen MR) is 76.1 cm³/mol. The van der Waals surface area contributed by atoms with E-state index >= 15 is 0 Å². The van der Waals surface area contributed by atoms with Crippen LogP contribution in [0.4, 0.5) is 4.39 Å². The van der Waals surface area contributed by atoms with Crippen molar-refractivity contribution in [1.82, 2.24) is 9.80 Å². The average molecular weight is 315 g/mol. The highest BCUT2D eigenvalue weighted by Crippen LogP contribution is 2.17. The molecule has 1 aromatic carbocycles. The summed E-state index contributed by atoms with van der Waals surface area (Å²) in [4.78, 5) is 4.79. The van der Waals surface area contributed by atoms with Gasteiger partial charge in [0.1, 0.15) is 5.82 Å². The van der Waals surface area contributed by atoms with Crippen LogP contribution >= 0.6 is 15.9 Å². The number of hydrogen-bond donors (Lipinski definition) is 0. The van der Waals surface area contributed by atoms with Gasteiger partial charge in [-0.25, -0.2) is 4.39 Å². The zero-order valence-electron chi connectivity index (χ0n) is 11.0. The molecule has 1 heterocycles. The van der Waals surface area contributed by atoms with Crippen LogP contribution in [0, 0.1) is 5.82 Å². The maximum atomic E-state index is 13.7. The van der Waals surface area contributed by atoms with Crippen LogP contribution in [0.3, 0.4) is 0 Å². The third kappa shape index (κ3) is 3.53. The van der Waals surface area contributed by atoms with E-state index in [1.54, 1.807) is 6.07 Å². The van der Waals surface area contributed by atoms with Gasteiger partial charge in [0.15, 0.2) is 0 Å². The molecule has 0 N–H and O–H groups in total. The molecular weight excluding hydrogens is 295 g/mol. The summed E-state index contributed by atoms with van der Waals surface area (Å²) in [5.74, 6) is -0.115. The van der Waals surface area contributed by atoms with Gasteiger partial charge in [-0.1, -0.05) is 22.0 Å². The fraction of sp³-hybridized carbons (Fsp3) is 0.571. The van der Waals surface area contributed by atoms with E-state index in [9.17, 15) is 4.39 Å². The molecule has 18 heavy (non-hydrogen) atoms. The normalized spacial score (nSPS) is 18.5. The van der Waals surface area contributed by atoms with Crippen molar-refractivity contribution in [3.05, 3.63) is 34.1 Å². The van der Waals surface area contributed by atoms with Gasteiger partial charge >= 0.3 is 0 Å². The van der Waals surface area contributed by atoms with Gasteiger partial charge in [-0.15, -0.1) is 0 Å². The number of rotatable bonds is 3. The van der Waals surface area contributed by atoms with Crippen LogP contribution in [0.1, 0.15) is 19.4 Å². The van der Waals surface area contributed by atoms with Gasteiger partial charge in [0, 0.05) is 48.8 Å². The van der Waals surface area contributed by atoms with Crippen molar-refractivity contribution in [3.63, 3.8) is 0 Å². The molecule has 1 fully saturated rings. The SMILES string of the molecule is CC(C)N1CCN(Cc2ccc(Br)cc2F)CC1. The van der Waals surface area contributed by atoms with Crippen LogP contribution in [0.25, 0.3) is 0 Å². The summed E-state index contributed by atoms with van der Waals surface area (Å²) >= 11 is 3.28. The maximum Gasteiger partial charge on any atom is 0.128 e. The van der Waals surface area contributed by atoms with Crippen LogP contribution in [0.5, 0.6) is 0 Å². The van der Waals surface area contributed by atoms with Gasteiger partial charge in [-0.3, -0.25) is 9.80 Å². The molecule has 1 saturated heterocycles. The standard InChI is InChI=1S/C14H20BrFN2/c1-11(2)18-7-5-17(6-8-18)10-12-3-4-13(15)9-14(12)16/h3-4,9,11H,5-8,10H2,1-2H3. The van der Waals surface area contributed by atoms with Gasteiger partial charge in [-0.2, -0.15) is 0 Å². The molecule has 0 saturated carbocycles. The van der Waals surface area contributed by atoms with Crippen molar-refractivity contribution in [2.45, 2.75) is 26.4 Å². The fourth-order valence-electron chi connectivity index (χ4n) is 2.33. The monoisotopic (exact) mass is 314 g/mol. The van der Waals surface area contributed by atoms with Crippen LogP contribution < -0.4 is 0 Å². The summed E-state index contributed by atoms with van der Waals surface area (Å²) in [6, 6.07) is 5.92. The quantitative estimate of drug-likeness (QED) is 0.846. The van der Waals surface area contributed by atoms with E-state index in [-0.39, 0.29) is 5.82 Å². The summed E-state index contributed by atoms with van der Waals surface area (Å²) in [5.41, 5.74) is 0.788. The van der Waals surface area contributed by atoms with Crippen molar-refractivity contribution in [2.75, 3.05) is 26.2 Å². The zero-order chi connectivity index (χ0) is 13.1. The van der Waals surface area contributed by atoms with Crippen LogP contribution in [0.15, 0.2) is 22.7 Å². The van der Waals surface area contributed by atoms with E-state index in [2.05, 4.69) is 39.6 Å². The predicted octanol–water partition coefficient (Wildman–Crippen LogP) is 3.11. The first-order chi connectivity index (χ1) is 8.56. The maximum absolute atomic E-state index is 13.7. The molecule has 1 aliphatic heterocycles. The lowest BCUT2D eigenvalue weighted by atomic mass is 10.1. The van der Waals surface area contributed by atoms with E-state index in [1.165, 1.54) is 0 Å². The Kier molecular flexibility index (Phi) is 4.76. The summed E-state index contributed by atoms with van der Waals surface area (Å²) in [6.45, 7) is 9.37. The number of halogens is 2. The summed E-state index contributed by atoms with van der Waals surface area (Å²) in [6.07, 6.45) is 0. The molecule has 0 bridgehead atoms. The Hall–Kier alpha value is -0.450. The second kappa shape index (κ2) is 6.13. The summed E-state index contributed by atoms with van der Waals surface area (Å²) < 4.78 is 14.5. The molecule has 2 nitrogen and oxygen atoms in total. The van der Waals surface area contributed by atoms with Crippen LogP contribution in [0.2, 0.25) is 0 Å². The average Bonchev–Trinajstić information content (AvgIpc) is 2.33. The third-order valence-corrected chi connectivity index (χ3v) is 4.04. The Morgan fingerprint density at radius 2 is 1.89 bits per heavy atom. The number of hydrogen-bond acceptors (Lipinski definition) is 2. The highest BCUT2D eigenvalue weighted by molar-refractivity contribution is 9.10. The molecule has 1 aliphatic rings. The number of nitrogens with zero attached hydrogens (tertiary/aromatic N) is 2. The molecule has 0 atom stereocenters. The molecule has 2 rings (SSSR count). The van der Waals surface area contributed by atoms with Gasteiger partial charge in [0.05, 0.1) is 0 Å². The first kappa shape index (κ1) is 14.0. The van der Waals surface area contributed by atoms with Gasteiger partial charge in [0.25, 0.3) is 0 Å². The Morgan fingerprint density at radius 3 is 2.44 bits per heavy atom. The van der Waals surface area contributed by atoms with Crippen molar-refractivity contribution < 1.29 is 4.39 Å². The Balaban J connectivity index is 1.91. The van der Waals surface area contributed by atoms with E-state index in [0.717, 1.165) is 36.2 Å². The number of piperazine rings is 1. The fourth-order valence-corrected chi connectivity index (χ4v) is 2.66. The zero-order valence-corrected chi connectivity index (χ0v) is 12.6. The molecule has 0 radical (unpaired) electrons. The Bertz CT molecular complexity index is 401. The first-order valence-corrected chi connectivity index (χ1v) is 7.26. The third-order valence-electron chi connectivity index (χ3n) is 3.55. The minimum Gasteiger partial charge on any atom is -0.298 e.